The van der Waals surface area contributed by atoms with Crippen molar-refractivity contribution in [2.75, 3.05) is 31.5 Å². The largest absolute Gasteiger partial charge is 0.390 e. The summed E-state index contributed by atoms with van der Waals surface area (Å²) < 4.78 is 0. The molecule has 2 saturated heterocycles. The highest BCUT2D eigenvalue weighted by Crippen LogP contribution is 2.35. The molecule has 48 heavy (non-hydrogen) atoms. The van der Waals surface area contributed by atoms with Gasteiger partial charge < -0.3 is 15.5 Å². The average molecular weight is 638 g/mol. The number of likely N-dealkylation sites (tertiary alicyclic amines) is 2. The second-order valence-corrected chi connectivity index (χ2v) is 13.3. The molecule has 6 heterocycles. The monoisotopic (exact) mass is 637 g/mol. The first-order chi connectivity index (χ1) is 23.4. The van der Waals surface area contributed by atoms with Crippen molar-refractivity contribution in [3.63, 3.8) is 0 Å². The predicted molar refractivity (Wildman–Crippen MR) is 189 cm³/mol. The van der Waals surface area contributed by atoms with Crippen molar-refractivity contribution < 1.29 is 10.2 Å². The number of pyridine rings is 4. The number of rotatable bonds is 9. The molecule has 0 saturated carbocycles. The van der Waals surface area contributed by atoms with Crippen LogP contribution in [0.25, 0.3) is 32.9 Å². The van der Waals surface area contributed by atoms with Crippen LogP contribution in [0.2, 0.25) is 0 Å². The van der Waals surface area contributed by atoms with Gasteiger partial charge in [0.15, 0.2) is 5.82 Å². The van der Waals surface area contributed by atoms with Gasteiger partial charge in [0, 0.05) is 86.9 Å². The Morgan fingerprint density at radius 3 is 1.94 bits per heavy atom. The van der Waals surface area contributed by atoms with E-state index in [1.807, 2.05) is 36.9 Å². The number of hydrogen-bond acceptors (Lipinski definition) is 9. The van der Waals surface area contributed by atoms with Crippen LogP contribution in [0.15, 0.2) is 85.5 Å². The van der Waals surface area contributed by atoms with E-state index in [0.29, 0.717) is 19.5 Å². The fourth-order valence-electron chi connectivity index (χ4n) is 7.06. The van der Waals surface area contributed by atoms with Gasteiger partial charge in [-0.25, -0.2) is 4.98 Å². The summed E-state index contributed by atoms with van der Waals surface area (Å²) in [4.78, 5) is 23.5. The quantitative estimate of drug-likeness (QED) is 0.188. The Labute approximate surface area is 280 Å². The highest BCUT2D eigenvalue weighted by atomic mass is 16.3. The second-order valence-electron chi connectivity index (χ2n) is 13.3. The molecule has 2 aliphatic heterocycles. The van der Waals surface area contributed by atoms with Crippen molar-refractivity contribution in [1.82, 2.24) is 29.7 Å². The van der Waals surface area contributed by atoms with Crippen molar-refractivity contribution in [3.8, 4) is 11.1 Å². The van der Waals surface area contributed by atoms with Gasteiger partial charge in [-0.1, -0.05) is 30.3 Å². The molecule has 2 aromatic carbocycles. The van der Waals surface area contributed by atoms with Crippen molar-refractivity contribution in [1.29, 1.82) is 0 Å². The van der Waals surface area contributed by atoms with Gasteiger partial charge >= 0.3 is 0 Å². The molecule has 9 heteroatoms. The molecule has 6 aromatic rings. The Balaban J connectivity index is 1.04. The molecule has 0 aliphatic carbocycles. The summed E-state index contributed by atoms with van der Waals surface area (Å²) >= 11 is 0. The first kappa shape index (κ1) is 30.5. The van der Waals surface area contributed by atoms with Gasteiger partial charge in [0.1, 0.15) is 5.52 Å². The number of fused-ring (bicyclic) bond motifs is 2. The minimum Gasteiger partial charge on any atom is -0.390 e. The number of aromatic nitrogens is 4. The number of nitrogens with zero attached hydrogens (tertiary/aromatic N) is 6. The Kier molecular flexibility index (Phi) is 8.06. The third-order valence-corrected chi connectivity index (χ3v) is 9.76. The molecule has 4 aromatic heterocycles. The van der Waals surface area contributed by atoms with Crippen LogP contribution in [-0.2, 0) is 19.5 Å². The lowest BCUT2D eigenvalue weighted by Gasteiger charge is -2.35. The fraction of sp³-hybridized carbons (Fsp3) is 0.282. The van der Waals surface area contributed by atoms with Gasteiger partial charge in [0.25, 0.3) is 0 Å². The number of nitrogens with one attached hydrogen (secondary N) is 1. The lowest BCUT2D eigenvalue weighted by molar-refractivity contribution is -0.00310. The predicted octanol–water partition coefficient (Wildman–Crippen LogP) is 5.54. The maximum Gasteiger partial charge on any atom is 0.156 e. The number of aliphatic hydroxyl groups excluding tert-OH is 2. The number of hydrogen-bond donors (Lipinski definition) is 3. The van der Waals surface area contributed by atoms with Crippen LogP contribution in [0.5, 0.6) is 0 Å². The molecule has 0 spiro atoms. The maximum absolute atomic E-state index is 9.64. The first-order valence-electron chi connectivity index (χ1n) is 16.6. The summed E-state index contributed by atoms with van der Waals surface area (Å²) in [5.41, 5.74) is 11.9. The minimum absolute atomic E-state index is 0.207. The van der Waals surface area contributed by atoms with Gasteiger partial charge in [-0.3, -0.25) is 24.8 Å². The van der Waals surface area contributed by atoms with Gasteiger partial charge in [0.05, 0.1) is 23.4 Å². The highest BCUT2D eigenvalue weighted by Gasteiger charge is 2.25. The number of benzene rings is 2. The van der Waals surface area contributed by atoms with Crippen LogP contribution in [0.1, 0.15) is 33.5 Å². The highest BCUT2D eigenvalue weighted by molar-refractivity contribution is 5.91. The summed E-state index contributed by atoms with van der Waals surface area (Å²) in [6.45, 7) is 8.78. The molecule has 2 aliphatic rings. The van der Waals surface area contributed by atoms with E-state index < -0.39 is 0 Å². The van der Waals surface area contributed by atoms with Crippen LogP contribution in [0, 0.1) is 13.8 Å². The Bertz CT molecular complexity index is 1990. The molecule has 8 rings (SSSR count). The van der Waals surface area contributed by atoms with E-state index in [1.165, 1.54) is 16.7 Å². The molecule has 0 atom stereocenters. The fourth-order valence-corrected chi connectivity index (χ4v) is 7.06. The third kappa shape index (κ3) is 6.02. The zero-order valence-corrected chi connectivity index (χ0v) is 27.3. The second kappa shape index (κ2) is 12.7. The molecule has 2 fully saturated rings. The van der Waals surface area contributed by atoms with E-state index >= 15 is 0 Å². The number of β-amino-alcohol motifs (C(OH)–C–C–N with tert-alkyl or cyclic N) is 2. The van der Waals surface area contributed by atoms with Gasteiger partial charge in [-0.05, 0) is 83.1 Å². The molecular formula is C39H39N7O2. The van der Waals surface area contributed by atoms with E-state index in [1.54, 1.807) is 0 Å². The van der Waals surface area contributed by atoms with Gasteiger partial charge in [-0.15, -0.1) is 0 Å². The molecule has 0 bridgehead atoms. The first-order valence-corrected chi connectivity index (χ1v) is 16.6. The molecule has 0 radical (unpaired) electrons. The van der Waals surface area contributed by atoms with Gasteiger partial charge in [-0.2, -0.15) is 0 Å². The van der Waals surface area contributed by atoms with Crippen molar-refractivity contribution >= 4 is 33.3 Å². The van der Waals surface area contributed by atoms with Crippen LogP contribution in [0.4, 0.5) is 11.5 Å². The minimum atomic E-state index is -0.214. The van der Waals surface area contributed by atoms with E-state index in [9.17, 15) is 10.2 Å². The van der Waals surface area contributed by atoms with Crippen molar-refractivity contribution in [3.05, 3.63) is 119 Å². The van der Waals surface area contributed by atoms with Crippen LogP contribution in [0.3, 0.4) is 0 Å². The van der Waals surface area contributed by atoms with Crippen molar-refractivity contribution in [2.24, 2.45) is 0 Å². The number of anilines is 2. The Morgan fingerprint density at radius 2 is 1.27 bits per heavy atom. The summed E-state index contributed by atoms with van der Waals surface area (Å²) in [7, 11) is 0. The maximum atomic E-state index is 9.64. The smallest absolute Gasteiger partial charge is 0.156 e. The SMILES string of the molecule is Cc1c(Cc2nccc3cc(CN4CC(O)C4)cnc23)cccc1-c1cccc(Nc2nccc3cc(CN4CC(O)C4)cnc23)c1C. The summed E-state index contributed by atoms with van der Waals surface area (Å²) in [5, 5.41) is 25.0. The molecule has 0 unspecified atom stereocenters. The third-order valence-electron chi connectivity index (χ3n) is 9.76. The van der Waals surface area contributed by atoms with Crippen LogP contribution in [-0.4, -0.2) is 78.3 Å². The molecule has 9 nitrogen and oxygen atoms in total. The van der Waals surface area contributed by atoms with E-state index in [0.717, 1.165) is 87.4 Å². The van der Waals surface area contributed by atoms with E-state index in [2.05, 4.69) is 82.5 Å². The van der Waals surface area contributed by atoms with E-state index in [-0.39, 0.29) is 12.2 Å². The molecular weight excluding hydrogens is 598 g/mol. The molecule has 242 valence electrons. The summed E-state index contributed by atoms with van der Waals surface area (Å²) in [5.74, 6) is 0.726. The molecule has 0 amide bonds. The van der Waals surface area contributed by atoms with Crippen LogP contribution < -0.4 is 5.32 Å². The normalized spacial score (nSPS) is 15.9. The molecule has 3 N–H and O–H groups in total. The summed E-state index contributed by atoms with van der Waals surface area (Å²) in [6.07, 6.45) is 7.83. The standard InChI is InChI=1S/C39H39N7O2/c1-24-28(15-36-37-29(9-11-40-36)13-26(16-42-37)18-45-20-31(47)21-45)5-3-6-33(24)34-7-4-8-35(25(34)2)44-39-38-30(10-12-41-39)14-27(17-43-38)19-46-22-32(48)23-46/h3-14,16-17,31-32,47-48H,15,18-23H2,1-2H3,(H,41,44). The van der Waals surface area contributed by atoms with E-state index in [4.69, 9.17) is 15.0 Å². The lowest BCUT2D eigenvalue weighted by atomic mass is 9.91. The summed E-state index contributed by atoms with van der Waals surface area (Å²) in [6, 6.07) is 21.2. The Hall–Kier alpha value is -4.80. The number of aliphatic hydroxyl groups is 2. The average Bonchev–Trinajstić information content (AvgIpc) is 3.05. The van der Waals surface area contributed by atoms with Crippen LogP contribution >= 0.6 is 0 Å². The Morgan fingerprint density at radius 1 is 0.688 bits per heavy atom. The zero-order valence-electron chi connectivity index (χ0n) is 27.3. The van der Waals surface area contributed by atoms with Crippen molar-refractivity contribution in [2.45, 2.75) is 45.6 Å². The van der Waals surface area contributed by atoms with Gasteiger partial charge in [0.2, 0.25) is 0 Å². The lowest BCUT2D eigenvalue weighted by Crippen LogP contribution is -2.49. The topological polar surface area (TPSA) is 111 Å². The zero-order chi connectivity index (χ0) is 32.8.